The van der Waals surface area contributed by atoms with E-state index in [9.17, 15) is 9.59 Å². The second kappa shape index (κ2) is 5.44. The lowest BCUT2D eigenvalue weighted by Gasteiger charge is -2.07. The molecule has 0 unspecified atom stereocenters. The first-order valence-corrected chi connectivity index (χ1v) is 8.11. The average molecular weight is 338 g/mol. The minimum Gasteiger partial charge on any atom is -0.302 e. The van der Waals surface area contributed by atoms with Crippen molar-refractivity contribution in [3.63, 3.8) is 0 Å². The van der Waals surface area contributed by atoms with Crippen molar-refractivity contribution in [3.05, 3.63) is 51.2 Å². The molecule has 8 heteroatoms. The van der Waals surface area contributed by atoms with Crippen molar-refractivity contribution in [3.8, 4) is 11.4 Å². The van der Waals surface area contributed by atoms with Crippen molar-refractivity contribution < 1.29 is 0 Å². The molecular formula is C17H18N6O2. The number of aromatic amines is 1. The molecular weight excluding hydrogens is 320 g/mol. The molecule has 0 aliphatic heterocycles. The minimum atomic E-state index is -0.464. The zero-order valence-electron chi connectivity index (χ0n) is 14.2. The van der Waals surface area contributed by atoms with E-state index >= 15 is 0 Å². The lowest BCUT2D eigenvalue weighted by molar-refractivity contribution is 0.539. The lowest BCUT2D eigenvalue weighted by atomic mass is 10.2. The van der Waals surface area contributed by atoms with Crippen molar-refractivity contribution in [1.29, 1.82) is 0 Å². The highest BCUT2D eigenvalue weighted by Crippen LogP contribution is 2.24. The molecule has 0 saturated carbocycles. The molecule has 4 aromatic rings. The number of imidazole rings is 1. The minimum absolute atomic E-state index is 0.299. The summed E-state index contributed by atoms with van der Waals surface area (Å²) in [5.74, 6) is 1.45. The first kappa shape index (κ1) is 15.4. The predicted molar refractivity (Wildman–Crippen MR) is 94.6 cm³/mol. The number of nitrogens with zero attached hydrogens (tertiary/aromatic N) is 5. The summed E-state index contributed by atoms with van der Waals surface area (Å²) in [6, 6.07) is 9.59. The van der Waals surface area contributed by atoms with E-state index in [2.05, 4.69) is 29.0 Å². The number of hydrogen-bond acceptors (Lipinski definition) is 4. The van der Waals surface area contributed by atoms with E-state index in [4.69, 9.17) is 0 Å². The van der Waals surface area contributed by atoms with Gasteiger partial charge in [-0.25, -0.2) is 9.20 Å². The summed E-state index contributed by atoms with van der Waals surface area (Å²) in [5.41, 5.74) is 0.912. The SMILES string of the molecule is CC(C)Cn1c2c(=O)[nH]c(=O)n(C)c2n2c(-c3ccccc3)nnc12. The van der Waals surface area contributed by atoms with E-state index < -0.39 is 11.2 Å². The van der Waals surface area contributed by atoms with Gasteiger partial charge >= 0.3 is 5.69 Å². The fourth-order valence-electron chi connectivity index (χ4n) is 3.15. The van der Waals surface area contributed by atoms with Crippen LogP contribution < -0.4 is 11.2 Å². The highest BCUT2D eigenvalue weighted by molar-refractivity contribution is 5.79. The molecule has 1 N–H and O–H groups in total. The van der Waals surface area contributed by atoms with Crippen LogP contribution in [0.3, 0.4) is 0 Å². The number of fused-ring (bicyclic) bond motifs is 3. The van der Waals surface area contributed by atoms with Crippen LogP contribution >= 0.6 is 0 Å². The maximum atomic E-state index is 12.5. The van der Waals surface area contributed by atoms with Crippen molar-refractivity contribution in [2.24, 2.45) is 13.0 Å². The van der Waals surface area contributed by atoms with Gasteiger partial charge in [0.15, 0.2) is 17.0 Å². The molecule has 0 radical (unpaired) electrons. The van der Waals surface area contributed by atoms with Crippen molar-refractivity contribution >= 4 is 16.9 Å². The Hall–Kier alpha value is -3.16. The standard InChI is InChI=1S/C17H18N6O2/c1-10(2)9-22-12-14(24)18-17(25)21(3)15(12)23-13(19-20-16(22)23)11-7-5-4-6-8-11/h4-8,10H,9H2,1-3H3,(H,18,24,25). The molecule has 0 spiro atoms. The fourth-order valence-corrected chi connectivity index (χ4v) is 3.15. The van der Waals surface area contributed by atoms with E-state index in [1.807, 2.05) is 34.9 Å². The van der Waals surface area contributed by atoms with Gasteiger partial charge in [-0.3, -0.25) is 14.3 Å². The summed E-state index contributed by atoms with van der Waals surface area (Å²) in [6.07, 6.45) is 0. The van der Waals surface area contributed by atoms with Gasteiger partial charge in [0.1, 0.15) is 0 Å². The molecule has 1 aromatic carbocycles. The lowest BCUT2D eigenvalue weighted by Crippen LogP contribution is -2.29. The zero-order valence-corrected chi connectivity index (χ0v) is 14.2. The molecule has 0 atom stereocenters. The number of nitrogens with one attached hydrogen (secondary N) is 1. The number of aromatic nitrogens is 6. The monoisotopic (exact) mass is 338 g/mol. The Balaban J connectivity index is 2.22. The van der Waals surface area contributed by atoms with Crippen LogP contribution in [0.4, 0.5) is 0 Å². The third-order valence-corrected chi connectivity index (χ3v) is 4.22. The van der Waals surface area contributed by atoms with Gasteiger partial charge in [-0.2, -0.15) is 0 Å². The zero-order chi connectivity index (χ0) is 17.7. The topological polar surface area (TPSA) is 90.0 Å². The first-order valence-electron chi connectivity index (χ1n) is 8.11. The smallest absolute Gasteiger partial charge is 0.302 e. The van der Waals surface area contributed by atoms with E-state index in [1.165, 1.54) is 4.57 Å². The van der Waals surface area contributed by atoms with Crippen LogP contribution in [0.5, 0.6) is 0 Å². The first-order chi connectivity index (χ1) is 12.0. The normalized spacial score (nSPS) is 11.8. The number of benzene rings is 1. The maximum Gasteiger partial charge on any atom is 0.329 e. The molecule has 0 aliphatic rings. The van der Waals surface area contributed by atoms with Crippen molar-refractivity contribution in [2.45, 2.75) is 20.4 Å². The fraction of sp³-hybridized carbons (Fsp3) is 0.294. The highest BCUT2D eigenvalue weighted by Gasteiger charge is 2.22. The van der Waals surface area contributed by atoms with E-state index in [-0.39, 0.29) is 0 Å². The van der Waals surface area contributed by atoms with Crippen LogP contribution in [-0.4, -0.2) is 28.7 Å². The summed E-state index contributed by atoms with van der Waals surface area (Å²) < 4.78 is 5.04. The van der Waals surface area contributed by atoms with Crippen LogP contribution in [0.15, 0.2) is 39.9 Å². The number of aryl methyl sites for hydroxylation is 1. The summed E-state index contributed by atoms with van der Waals surface area (Å²) in [7, 11) is 1.63. The summed E-state index contributed by atoms with van der Waals surface area (Å²) in [6.45, 7) is 4.72. The van der Waals surface area contributed by atoms with Gasteiger partial charge in [0, 0.05) is 19.2 Å². The van der Waals surface area contributed by atoms with Gasteiger partial charge in [-0.15, -0.1) is 10.2 Å². The van der Waals surface area contributed by atoms with Crippen LogP contribution in [0.1, 0.15) is 13.8 Å². The van der Waals surface area contributed by atoms with E-state index in [0.717, 1.165) is 5.56 Å². The molecule has 8 nitrogen and oxygen atoms in total. The maximum absolute atomic E-state index is 12.5. The quantitative estimate of drug-likeness (QED) is 0.611. The average Bonchev–Trinajstić information content (AvgIpc) is 3.13. The Morgan fingerprint density at radius 1 is 1.12 bits per heavy atom. The molecule has 0 aliphatic carbocycles. The molecule has 0 amide bonds. The van der Waals surface area contributed by atoms with Gasteiger partial charge in [0.25, 0.3) is 5.56 Å². The Bertz CT molecular complexity index is 1190. The van der Waals surface area contributed by atoms with Crippen molar-refractivity contribution in [2.75, 3.05) is 0 Å². The summed E-state index contributed by atoms with van der Waals surface area (Å²) in [5, 5.41) is 8.61. The molecule has 0 bridgehead atoms. The Morgan fingerprint density at radius 2 is 1.84 bits per heavy atom. The van der Waals surface area contributed by atoms with Crippen LogP contribution in [0, 0.1) is 5.92 Å². The third kappa shape index (κ3) is 2.21. The predicted octanol–water partition coefficient (Wildman–Crippen LogP) is 1.39. The molecule has 0 fully saturated rings. The molecule has 3 aromatic heterocycles. The van der Waals surface area contributed by atoms with Gasteiger partial charge in [0.2, 0.25) is 5.78 Å². The van der Waals surface area contributed by atoms with Crippen molar-refractivity contribution in [1.82, 2.24) is 28.7 Å². The van der Waals surface area contributed by atoms with E-state index in [1.54, 1.807) is 11.4 Å². The second-order valence-electron chi connectivity index (χ2n) is 6.52. The van der Waals surface area contributed by atoms with Gasteiger partial charge < -0.3 is 4.57 Å². The number of rotatable bonds is 3. The van der Waals surface area contributed by atoms with Crippen LogP contribution in [0.25, 0.3) is 28.3 Å². The Morgan fingerprint density at radius 3 is 2.52 bits per heavy atom. The number of hydrogen-bond donors (Lipinski definition) is 1. The molecule has 4 rings (SSSR count). The number of H-pyrrole nitrogens is 1. The summed E-state index contributed by atoms with van der Waals surface area (Å²) >= 11 is 0. The largest absolute Gasteiger partial charge is 0.329 e. The Kier molecular flexibility index (Phi) is 3.34. The highest BCUT2D eigenvalue weighted by atomic mass is 16.2. The van der Waals surface area contributed by atoms with Gasteiger partial charge in [-0.05, 0) is 5.92 Å². The van der Waals surface area contributed by atoms with Crippen LogP contribution in [-0.2, 0) is 13.6 Å². The Labute approximate surface area is 142 Å². The second-order valence-corrected chi connectivity index (χ2v) is 6.52. The summed E-state index contributed by atoms with van der Waals surface area (Å²) in [4.78, 5) is 27.0. The molecule has 25 heavy (non-hydrogen) atoms. The molecule has 3 heterocycles. The van der Waals surface area contributed by atoms with E-state index in [0.29, 0.717) is 35.2 Å². The molecule has 0 saturated heterocycles. The van der Waals surface area contributed by atoms with Gasteiger partial charge in [-0.1, -0.05) is 44.2 Å². The van der Waals surface area contributed by atoms with Gasteiger partial charge in [0.05, 0.1) is 0 Å². The third-order valence-electron chi connectivity index (χ3n) is 4.22. The molecule has 128 valence electrons. The van der Waals surface area contributed by atoms with Crippen LogP contribution in [0.2, 0.25) is 0 Å².